The van der Waals surface area contributed by atoms with Crippen LogP contribution < -0.4 is 5.32 Å². The molecule has 0 spiro atoms. The zero-order valence-corrected chi connectivity index (χ0v) is 11.3. The number of hydrogen-bond donors (Lipinski definition) is 1. The highest BCUT2D eigenvalue weighted by atomic mass is 16.5. The van der Waals surface area contributed by atoms with E-state index in [1.54, 1.807) is 0 Å². The summed E-state index contributed by atoms with van der Waals surface area (Å²) in [7, 11) is 0. The summed E-state index contributed by atoms with van der Waals surface area (Å²) in [5.41, 5.74) is 0. The van der Waals surface area contributed by atoms with Crippen molar-refractivity contribution in [2.24, 2.45) is 5.92 Å². The third kappa shape index (κ3) is 5.31. The van der Waals surface area contributed by atoms with Crippen molar-refractivity contribution >= 4 is 0 Å². The van der Waals surface area contributed by atoms with Crippen molar-refractivity contribution in [3.63, 3.8) is 0 Å². The van der Waals surface area contributed by atoms with Gasteiger partial charge in [-0.2, -0.15) is 0 Å². The lowest BCUT2D eigenvalue weighted by Gasteiger charge is -2.27. The van der Waals surface area contributed by atoms with Crippen LogP contribution in [0.25, 0.3) is 0 Å². The van der Waals surface area contributed by atoms with Gasteiger partial charge in [0.1, 0.15) is 0 Å². The number of nitrogens with one attached hydrogen (secondary N) is 1. The maximum Gasteiger partial charge on any atom is 0.0616 e. The molecule has 0 amide bonds. The van der Waals surface area contributed by atoms with Crippen molar-refractivity contribution in [3.05, 3.63) is 0 Å². The largest absolute Gasteiger partial charge is 0.380 e. The maximum atomic E-state index is 5.45. The quantitative estimate of drug-likeness (QED) is 0.703. The van der Waals surface area contributed by atoms with Crippen LogP contribution in [0.5, 0.6) is 0 Å². The van der Waals surface area contributed by atoms with Crippen LogP contribution in [0.1, 0.15) is 59.3 Å². The molecule has 0 saturated heterocycles. The molecular weight excluding hydrogens is 198 g/mol. The molecule has 0 aromatic heterocycles. The molecular formula is C14H29NO. The fourth-order valence-electron chi connectivity index (χ4n) is 2.74. The van der Waals surface area contributed by atoms with Crippen molar-refractivity contribution in [2.45, 2.75) is 71.4 Å². The zero-order valence-electron chi connectivity index (χ0n) is 11.3. The van der Waals surface area contributed by atoms with Crippen LogP contribution in [0, 0.1) is 5.92 Å². The molecule has 1 aliphatic rings. The minimum atomic E-state index is 0.484. The van der Waals surface area contributed by atoms with Gasteiger partial charge in [-0.3, -0.25) is 0 Å². The Morgan fingerprint density at radius 2 is 1.75 bits per heavy atom. The zero-order chi connectivity index (χ0) is 11.8. The molecule has 1 N–H and O–H groups in total. The SMILES string of the molecule is CCOCC(C)N[C@@H](C)C1CCCCCC1. The predicted octanol–water partition coefficient (Wildman–Crippen LogP) is 3.36. The normalized spacial score (nSPS) is 22.7. The van der Waals surface area contributed by atoms with E-state index in [9.17, 15) is 0 Å². The molecule has 2 atom stereocenters. The number of hydrogen-bond acceptors (Lipinski definition) is 2. The van der Waals surface area contributed by atoms with E-state index in [-0.39, 0.29) is 0 Å². The third-order valence-corrected chi connectivity index (χ3v) is 3.73. The van der Waals surface area contributed by atoms with E-state index in [2.05, 4.69) is 26.1 Å². The Bertz CT molecular complexity index is 164. The Labute approximate surface area is 101 Å². The molecule has 1 unspecified atom stereocenters. The summed E-state index contributed by atoms with van der Waals surface area (Å²) in [6, 6.07) is 1.13. The molecule has 0 radical (unpaired) electrons. The summed E-state index contributed by atoms with van der Waals surface area (Å²) in [5.74, 6) is 0.881. The van der Waals surface area contributed by atoms with E-state index in [1.165, 1.54) is 38.5 Å². The van der Waals surface area contributed by atoms with Crippen LogP contribution in [-0.2, 0) is 4.74 Å². The van der Waals surface area contributed by atoms with Gasteiger partial charge in [0.2, 0.25) is 0 Å². The molecule has 0 aliphatic heterocycles. The summed E-state index contributed by atoms with van der Waals surface area (Å²) in [6.07, 6.45) is 8.56. The average Bonchev–Trinajstić information content (AvgIpc) is 2.54. The first-order chi connectivity index (χ1) is 7.74. The first kappa shape index (κ1) is 14.0. The van der Waals surface area contributed by atoms with Crippen LogP contribution in [0.4, 0.5) is 0 Å². The van der Waals surface area contributed by atoms with Gasteiger partial charge in [0.25, 0.3) is 0 Å². The average molecular weight is 227 g/mol. The molecule has 0 aromatic rings. The van der Waals surface area contributed by atoms with E-state index in [0.29, 0.717) is 12.1 Å². The molecule has 16 heavy (non-hydrogen) atoms. The van der Waals surface area contributed by atoms with Gasteiger partial charge < -0.3 is 10.1 Å². The van der Waals surface area contributed by atoms with Gasteiger partial charge >= 0.3 is 0 Å². The van der Waals surface area contributed by atoms with Crippen molar-refractivity contribution in [1.82, 2.24) is 5.32 Å². The standard InChI is InChI=1S/C14H29NO/c1-4-16-11-12(2)15-13(3)14-9-7-5-6-8-10-14/h12-15H,4-11H2,1-3H3/t12?,13-/m0/s1. The topological polar surface area (TPSA) is 21.3 Å². The van der Waals surface area contributed by atoms with Crippen LogP contribution >= 0.6 is 0 Å². The highest BCUT2D eigenvalue weighted by molar-refractivity contribution is 4.77. The molecule has 0 bridgehead atoms. The Morgan fingerprint density at radius 3 is 2.31 bits per heavy atom. The third-order valence-electron chi connectivity index (χ3n) is 3.73. The summed E-state index contributed by atoms with van der Waals surface area (Å²) in [6.45, 7) is 8.29. The molecule has 2 heteroatoms. The minimum Gasteiger partial charge on any atom is -0.380 e. The lowest BCUT2D eigenvalue weighted by atomic mass is 9.92. The highest BCUT2D eigenvalue weighted by Crippen LogP contribution is 2.25. The monoisotopic (exact) mass is 227 g/mol. The van der Waals surface area contributed by atoms with Crippen molar-refractivity contribution in [2.75, 3.05) is 13.2 Å². The van der Waals surface area contributed by atoms with Crippen LogP contribution in [0.15, 0.2) is 0 Å². The van der Waals surface area contributed by atoms with Crippen molar-refractivity contribution in [3.8, 4) is 0 Å². The molecule has 0 aromatic carbocycles. The van der Waals surface area contributed by atoms with E-state index >= 15 is 0 Å². The van der Waals surface area contributed by atoms with Crippen molar-refractivity contribution < 1.29 is 4.74 Å². The Hall–Kier alpha value is -0.0800. The van der Waals surface area contributed by atoms with Gasteiger partial charge in [-0.15, -0.1) is 0 Å². The second-order valence-corrected chi connectivity index (χ2v) is 5.27. The van der Waals surface area contributed by atoms with E-state index in [0.717, 1.165) is 19.1 Å². The van der Waals surface area contributed by atoms with Gasteiger partial charge in [-0.1, -0.05) is 25.7 Å². The van der Waals surface area contributed by atoms with Crippen LogP contribution in [0.3, 0.4) is 0 Å². The van der Waals surface area contributed by atoms with Gasteiger partial charge in [0, 0.05) is 18.7 Å². The first-order valence-corrected chi connectivity index (χ1v) is 7.07. The van der Waals surface area contributed by atoms with E-state index in [4.69, 9.17) is 4.74 Å². The van der Waals surface area contributed by atoms with Gasteiger partial charge in [0.15, 0.2) is 0 Å². The maximum absolute atomic E-state index is 5.45. The molecule has 1 saturated carbocycles. The summed E-state index contributed by atoms with van der Waals surface area (Å²) in [5, 5.41) is 3.69. The molecule has 1 rings (SSSR count). The highest BCUT2D eigenvalue weighted by Gasteiger charge is 2.19. The molecule has 2 nitrogen and oxygen atoms in total. The van der Waals surface area contributed by atoms with Gasteiger partial charge in [-0.05, 0) is 39.5 Å². The fourth-order valence-corrected chi connectivity index (χ4v) is 2.74. The van der Waals surface area contributed by atoms with Crippen LogP contribution in [-0.4, -0.2) is 25.3 Å². The Morgan fingerprint density at radius 1 is 1.12 bits per heavy atom. The van der Waals surface area contributed by atoms with Crippen molar-refractivity contribution in [1.29, 1.82) is 0 Å². The second-order valence-electron chi connectivity index (χ2n) is 5.27. The number of rotatable bonds is 6. The fraction of sp³-hybridized carbons (Fsp3) is 1.00. The summed E-state index contributed by atoms with van der Waals surface area (Å²) >= 11 is 0. The molecule has 1 aliphatic carbocycles. The first-order valence-electron chi connectivity index (χ1n) is 7.07. The molecule has 1 fully saturated rings. The Balaban J connectivity index is 2.23. The van der Waals surface area contributed by atoms with Gasteiger partial charge in [-0.25, -0.2) is 0 Å². The predicted molar refractivity (Wildman–Crippen MR) is 69.7 cm³/mol. The lowest BCUT2D eigenvalue weighted by Crippen LogP contribution is -2.41. The summed E-state index contributed by atoms with van der Waals surface area (Å²) < 4.78 is 5.45. The lowest BCUT2D eigenvalue weighted by molar-refractivity contribution is 0.120. The van der Waals surface area contributed by atoms with E-state index in [1.807, 2.05) is 0 Å². The molecule has 0 heterocycles. The second kappa shape index (κ2) is 8.08. The summed E-state index contributed by atoms with van der Waals surface area (Å²) in [4.78, 5) is 0. The molecule has 96 valence electrons. The van der Waals surface area contributed by atoms with Crippen LogP contribution in [0.2, 0.25) is 0 Å². The smallest absolute Gasteiger partial charge is 0.0616 e. The minimum absolute atomic E-state index is 0.484. The number of ether oxygens (including phenoxy) is 1. The van der Waals surface area contributed by atoms with E-state index < -0.39 is 0 Å². The van der Waals surface area contributed by atoms with Gasteiger partial charge in [0.05, 0.1) is 6.61 Å². The Kier molecular flexibility index (Phi) is 7.06.